The molecule has 0 radical (unpaired) electrons. The van der Waals surface area contributed by atoms with Gasteiger partial charge in [0, 0.05) is 6.42 Å². The fourth-order valence-electron chi connectivity index (χ4n) is 2.11. The van der Waals surface area contributed by atoms with Crippen LogP contribution in [0, 0.1) is 0 Å². The van der Waals surface area contributed by atoms with Gasteiger partial charge in [-0.15, -0.1) is 0 Å². The summed E-state index contributed by atoms with van der Waals surface area (Å²) in [5, 5.41) is 0. The molecule has 0 saturated heterocycles. The zero-order valence-corrected chi connectivity index (χ0v) is 11.7. The van der Waals surface area contributed by atoms with Gasteiger partial charge in [0.15, 0.2) is 5.78 Å². The van der Waals surface area contributed by atoms with E-state index in [0.29, 0.717) is 6.42 Å². The number of benzene rings is 2. The molecule has 0 aliphatic heterocycles. The minimum atomic E-state index is 0.210. The molecule has 0 aliphatic rings. The monoisotopic (exact) mass is 264 g/mol. The Bertz CT molecular complexity index is 540. The van der Waals surface area contributed by atoms with Gasteiger partial charge in [-0.3, -0.25) is 4.79 Å². The molecule has 0 N–H and O–H groups in total. The summed E-state index contributed by atoms with van der Waals surface area (Å²) in [4.78, 5) is 11.7. The molecule has 0 aromatic heterocycles. The Morgan fingerprint density at radius 3 is 1.95 bits per heavy atom. The van der Waals surface area contributed by atoms with Crippen LogP contribution in [0.4, 0.5) is 0 Å². The molecule has 0 spiro atoms. The molecule has 0 amide bonds. The van der Waals surface area contributed by atoms with Crippen LogP contribution in [0.25, 0.3) is 0 Å². The number of rotatable bonds is 7. The molecule has 2 rings (SSSR count). The molecule has 0 aliphatic carbocycles. The van der Waals surface area contributed by atoms with Crippen molar-refractivity contribution in [2.75, 3.05) is 0 Å². The fraction of sp³-hybridized carbons (Fsp3) is 0.211. The Morgan fingerprint density at radius 1 is 0.800 bits per heavy atom. The molecule has 2 aromatic rings. The second-order valence-corrected chi connectivity index (χ2v) is 4.88. The molecular weight excluding hydrogens is 244 g/mol. The maximum Gasteiger partial charge on any atom is 0.155 e. The van der Waals surface area contributed by atoms with Gasteiger partial charge < -0.3 is 0 Å². The average Bonchev–Trinajstić information content (AvgIpc) is 2.52. The molecule has 1 nitrogen and oxygen atoms in total. The third kappa shape index (κ3) is 5.23. The van der Waals surface area contributed by atoms with E-state index in [1.165, 1.54) is 11.1 Å². The van der Waals surface area contributed by atoms with Gasteiger partial charge in [-0.2, -0.15) is 0 Å². The molecule has 0 unspecified atom stereocenters. The van der Waals surface area contributed by atoms with Gasteiger partial charge in [-0.25, -0.2) is 0 Å². The minimum Gasteiger partial charge on any atom is -0.295 e. The van der Waals surface area contributed by atoms with E-state index in [2.05, 4.69) is 24.3 Å². The smallest absolute Gasteiger partial charge is 0.155 e. The van der Waals surface area contributed by atoms with Crippen LogP contribution in [0.5, 0.6) is 0 Å². The summed E-state index contributed by atoms with van der Waals surface area (Å²) < 4.78 is 0. The van der Waals surface area contributed by atoms with Gasteiger partial charge in [0.05, 0.1) is 0 Å². The van der Waals surface area contributed by atoms with Crippen molar-refractivity contribution in [1.29, 1.82) is 0 Å². The summed E-state index contributed by atoms with van der Waals surface area (Å²) in [7, 11) is 0. The number of carbonyl (C=O) groups is 1. The molecule has 0 bridgehead atoms. The maximum absolute atomic E-state index is 11.7. The van der Waals surface area contributed by atoms with E-state index in [0.717, 1.165) is 19.3 Å². The first-order valence-electron chi connectivity index (χ1n) is 7.12. The van der Waals surface area contributed by atoms with Gasteiger partial charge in [-0.05, 0) is 36.5 Å². The summed E-state index contributed by atoms with van der Waals surface area (Å²) >= 11 is 0. The number of ketones is 1. The normalized spacial score (nSPS) is 10.8. The number of aryl methyl sites for hydroxylation is 2. The first kappa shape index (κ1) is 14.3. The number of hydrogen-bond donors (Lipinski definition) is 0. The van der Waals surface area contributed by atoms with Crippen LogP contribution in [0.2, 0.25) is 0 Å². The van der Waals surface area contributed by atoms with E-state index >= 15 is 0 Å². The highest BCUT2D eigenvalue weighted by molar-refractivity contribution is 5.89. The quantitative estimate of drug-likeness (QED) is 0.678. The third-order valence-corrected chi connectivity index (χ3v) is 3.25. The SMILES string of the molecule is O=C(/C=C/CCc1ccccc1)CCc1ccccc1. The van der Waals surface area contributed by atoms with Crippen molar-refractivity contribution < 1.29 is 4.79 Å². The van der Waals surface area contributed by atoms with E-state index in [4.69, 9.17) is 0 Å². The Labute approximate surface area is 121 Å². The molecule has 20 heavy (non-hydrogen) atoms. The van der Waals surface area contributed by atoms with Gasteiger partial charge >= 0.3 is 0 Å². The van der Waals surface area contributed by atoms with E-state index in [9.17, 15) is 4.79 Å². The van der Waals surface area contributed by atoms with Gasteiger partial charge in [0.25, 0.3) is 0 Å². The molecular formula is C19H20O. The van der Waals surface area contributed by atoms with Crippen molar-refractivity contribution in [2.24, 2.45) is 0 Å². The summed E-state index contributed by atoms with van der Waals surface area (Å²) in [6, 6.07) is 20.5. The van der Waals surface area contributed by atoms with Gasteiger partial charge in [0.1, 0.15) is 0 Å². The van der Waals surface area contributed by atoms with E-state index in [1.54, 1.807) is 6.08 Å². The second-order valence-electron chi connectivity index (χ2n) is 4.88. The molecule has 0 saturated carbocycles. The Hall–Kier alpha value is -2.15. The Morgan fingerprint density at radius 2 is 1.35 bits per heavy atom. The Kier molecular flexibility index (Phi) is 5.78. The third-order valence-electron chi connectivity index (χ3n) is 3.25. The van der Waals surface area contributed by atoms with Crippen LogP contribution in [-0.4, -0.2) is 5.78 Å². The molecule has 2 aromatic carbocycles. The zero-order chi connectivity index (χ0) is 14.0. The molecule has 1 heteroatoms. The first-order chi connectivity index (χ1) is 9.84. The lowest BCUT2D eigenvalue weighted by atomic mass is 10.1. The first-order valence-corrected chi connectivity index (χ1v) is 7.12. The predicted octanol–water partition coefficient (Wildman–Crippen LogP) is 4.38. The lowest BCUT2D eigenvalue weighted by Crippen LogP contribution is -1.96. The highest BCUT2D eigenvalue weighted by Crippen LogP contribution is 2.05. The van der Waals surface area contributed by atoms with Crippen molar-refractivity contribution in [1.82, 2.24) is 0 Å². The molecule has 102 valence electrons. The Balaban J connectivity index is 1.68. The topological polar surface area (TPSA) is 17.1 Å². The van der Waals surface area contributed by atoms with Crippen molar-refractivity contribution in [3.63, 3.8) is 0 Å². The van der Waals surface area contributed by atoms with Crippen molar-refractivity contribution in [2.45, 2.75) is 25.7 Å². The summed E-state index contributed by atoms with van der Waals surface area (Å²) in [6.07, 6.45) is 7.03. The number of carbonyl (C=O) groups excluding carboxylic acids is 1. The number of hydrogen-bond acceptors (Lipinski definition) is 1. The molecule has 0 heterocycles. The summed E-state index contributed by atoms with van der Waals surface area (Å²) in [5.74, 6) is 0.210. The van der Waals surface area contributed by atoms with E-state index in [-0.39, 0.29) is 5.78 Å². The second kappa shape index (κ2) is 8.11. The van der Waals surface area contributed by atoms with Crippen LogP contribution in [0.1, 0.15) is 24.0 Å². The fourth-order valence-corrected chi connectivity index (χ4v) is 2.11. The predicted molar refractivity (Wildman–Crippen MR) is 83.7 cm³/mol. The highest BCUT2D eigenvalue weighted by atomic mass is 16.1. The summed E-state index contributed by atoms with van der Waals surface area (Å²) in [5.41, 5.74) is 2.53. The minimum absolute atomic E-state index is 0.210. The van der Waals surface area contributed by atoms with Gasteiger partial charge in [0.2, 0.25) is 0 Å². The van der Waals surface area contributed by atoms with Crippen LogP contribution < -0.4 is 0 Å². The van der Waals surface area contributed by atoms with Crippen LogP contribution in [0.3, 0.4) is 0 Å². The molecule has 0 atom stereocenters. The van der Waals surface area contributed by atoms with Crippen molar-refractivity contribution in [3.8, 4) is 0 Å². The maximum atomic E-state index is 11.7. The van der Waals surface area contributed by atoms with E-state index < -0.39 is 0 Å². The van der Waals surface area contributed by atoms with Crippen molar-refractivity contribution in [3.05, 3.63) is 83.9 Å². The lowest BCUT2D eigenvalue weighted by molar-refractivity contribution is -0.114. The summed E-state index contributed by atoms with van der Waals surface area (Å²) in [6.45, 7) is 0. The van der Waals surface area contributed by atoms with Gasteiger partial charge in [-0.1, -0.05) is 66.7 Å². The van der Waals surface area contributed by atoms with Crippen LogP contribution in [-0.2, 0) is 17.6 Å². The molecule has 0 fully saturated rings. The van der Waals surface area contributed by atoms with Crippen LogP contribution >= 0.6 is 0 Å². The zero-order valence-electron chi connectivity index (χ0n) is 11.7. The highest BCUT2D eigenvalue weighted by Gasteiger charge is 1.98. The largest absolute Gasteiger partial charge is 0.295 e. The number of allylic oxidation sites excluding steroid dienone is 2. The van der Waals surface area contributed by atoms with Crippen LogP contribution in [0.15, 0.2) is 72.8 Å². The van der Waals surface area contributed by atoms with Crippen molar-refractivity contribution >= 4 is 5.78 Å². The van der Waals surface area contributed by atoms with E-state index in [1.807, 2.05) is 42.5 Å². The lowest BCUT2D eigenvalue weighted by Gasteiger charge is -1.98. The standard InChI is InChI=1S/C19H20O/c20-19(16-15-18-11-5-2-6-12-18)14-8-7-13-17-9-3-1-4-10-17/h1-6,8-12,14H,7,13,15-16H2/b14-8+. The average molecular weight is 264 g/mol.